The number of aryl methyl sites for hydroxylation is 2. The lowest BCUT2D eigenvalue weighted by Crippen LogP contribution is -2.41. The van der Waals surface area contributed by atoms with E-state index in [-0.39, 0.29) is 18.2 Å². The molecule has 2 aliphatic rings. The Bertz CT molecular complexity index is 1090. The summed E-state index contributed by atoms with van der Waals surface area (Å²) in [6.07, 6.45) is 5.93. The first-order valence-electron chi connectivity index (χ1n) is 10.2. The summed E-state index contributed by atoms with van der Waals surface area (Å²) in [4.78, 5) is 35.9. The highest BCUT2D eigenvalue weighted by molar-refractivity contribution is 6.01. The molecule has 1 unspecified atom stereocenters. The number of para-hydroxylation sites is 1. The van der Waals surface area contributed by atoms with Gasteiger partial charge in [0, 0.05) is 43.9 Å². The van der Waals surface area contributed by atoms with Gasteiger partial charge in [0.15, 0.2) is 5.89 Å². The molecule has 0 saturated carbocycles. The molecule has 2 aliphatic heterocycles. The lowest BCUT2D eigenvalue weighted by molar-refractivity contribution is -0.135. The topological polar surface area (TPSA) is 88.3 Å². The average Bonchev–Trinajstić information content (AvgIpc) is 3.19. The second kappa shape index (κ2) is 7.74. The number of carbonyl (C=O) groups is 2. The van der Waals surface area contributed by atoms with Gasteiger partial charge >= 0.3 is 0 Å². The summed E-state index contributed by atoms with van der Waals surface area (Å²) >= 11 is 0. The second-order valence-corrected chi connectivity index (χ2v) is 7.74. The molecule has 0 aliphatic carbocycles. The van der Waals surface area contributed by atoms with Crippen molar-refractivity contribution < 1.29 is 14.0 Å². The number of amides is 2. The first-order chi connectivity index (χ1) is 14.7. The fourth-order valence-electron chi connectivity index (χ4n) is 4.20. The molecule has 7 nitrogen and oxygen atoms in total. The lowest BCUT2D eigenvalue weighted by atomic mass is 9.89. The Morgan fingerprint density at radius 3 is 2.97 bits per heavy atom. The van der Waals surface area contributed by atoms with Gasteiger partial charge in [0.1, 0.15) is 11.5 Å². The minimum absolute atomic E-state index is 0.0251. The smallest absolute Gasteiger partial charge is 0.231 e. The Kier molecular flexibility index (Phi) is 4.78. The van der Waals surface area contributed by atoms with E-state index in [1.54, 1.807) is 11.1 Å². The van der Waals surface area contributed by atoms with Crippen LogP contribution < -0.4 is 5.32 Å². The van der Waals surface area contributed by atoms with E-state index < -0.39 is 5.92 Å². The highest BCUT2D eigenvalue weighted by Crippen LogP contribution is 2.34. The van der Waals surface area contributed by atoms with Crippen LogP contribution in [0.4, 0.5) is 5.69 Å². The Morgan fingerprint density at radius 1 is 1.20 bits per heavy atom. The fourth-order valence-corrected chi connectivity index (χ4v) is 4.20. The van der Waals surface area contributed by atoms with Gasteiger partial charge in [0.05, 0.1) is 12.5 Å². The molecule has 1 atom stereocenters. The van der Waals surface area contributed by atoms with Crippen LogP contribution in [-0.4, -0.2) is 33.2 Å². The van der Waals surface area contributed by atoms with Crippen molar-refractivity contribution in [2.24, 2.45) is 0 Å². The summed E-state index contributed by atoms with van der Waals surface area (Å²) < 4.78 is 5.94. The molecular weight excluding hydrogens is 380 g/mol. The highest BCUT2D eigenvalue weighted by atomic mass is 16.4. The third kappa shape index (κ3) is 3.58. The zero-order valence-electron chi connectivity index (χ0n) is 16.5. The summed E-state index contributed by atoms with van der Waals surface area (Å²) in [7, 11) is 0. The van der Waals surface area contributed by atoms with Crippen LogP contribution in [0, 0.1) is 0 Å². The van der Waals surface area contributed by atoms with Crippen LogP contribution in [-0.2, 0) is 35.4 Å². The Labute approximate surface area is 174 Å². The summed E-state index contributed by atoms with van der Waals surface area (Å²) in [5.41, 5.74) is 3.57. The molecule has 0 bridgehead atoms. The van der Waals surface area contributed by atoms with Gasteiger partial charge < -0.3 is 14.6 Å². The highest BCUT2D eigenvalue weighted by Gasteiger charge is 2.35. The Balaban J connectivity index is 1.29. The summed E-state index contributed by atoms with van der Waals surface area (Å²) in [6, 6.07) is 11.5. The van der Waals surface area contributed by atoms with E-state index in [2.05, 4.69) is 15.3 Å². The van der Waals surface area contributed by atoms with Crippen molar-refractivity contribution in [1.29, 1.82) is 0 Å². The van der Waals surface area contributed by atoms with Gasteiger partial charge in [-0.2, -0.15) is 0 Å². The van der Waals surface area contributed by atoms with Crippen LogP contribution >= 0.6 is 0 Å². The number of pyridine rings is 1. The number of nitrogens with one attached hydrogen (secondary N) is 1. The molecule has 4 heterocycles. The third-order valence-electron chi connectivity index (χ3n) is 5.73. The second-order valence-electron chi connectivity index (χ2n) is 7.74. The van der Waals surface area contributed by atoms with E-state index in [9.17, 15) is 9.59 Å². The summed E-state index contributed by atoms with van der Waals surface area (Å²) in [5.74, 6) is 0.961. The molecule has 2 amide bonds. The van der Waals surface area contributed by atoms with Gasteiger partial charge in [0.25, 0.3) is 0 Å². The number of benzene rings is 1. The van der Waals surface area contributed by atoms with E-state index >= 15 is 0 Å². The molecule has 0 saturated heterocycles. The maximum atomic E-state index is 13.3. The van der Waals surface area contributed by atoms with Gasteiger partial charge in [-0.05, 0) is 29.7 Å². The third-order valence-corrected chi connectivity index (χ3v) is 5.73. The number of hydrogen-bond donors (Lipinski definition) is 1. The summed E-state index contributed by atoms with van der Waals surface area (Å²) in [5, 5.41) is 2.85. The standard InChI is InChI=1S/C23H22N4O3/c28-21-12-17(16-5-1-2-6-18(16)25-21)23(29)27-11-9-20-19(14-27)26-22(30-20)8-7-15-4-3-10-24-13-15/h1-6,10,13,17H,7-9,11-12,14H2,(H,25,28). The number of anilines is 1. The molecular formula is C23H22N4O3. The Hall–Kier alpha value is -3.48. The first kappa shape index (κ1) is 18.5. The van der Waals surface area contributed by atoms with Crippen LogP contribution in [0.15, 0.2) is 53.2 Å². The monoisotopic (exact) mass is 402 g/mol. The van der Waals surface area contributed by atoms with Gasteiger partial charge in [-0.1, -0.05) is 24.3 Å². The molecule has 3 aromatic rings. The van der Waals surface area contributed by atoms with Crippen LogP contribution in [0.2, 0.25) is 0 Å². The Morgan fingerprint density at radius 2 is 2.10 bits per heavy atom. The first-order valence-corrected chi connectivity index (χ1v) is 10.2. The molecule has 7 heteroatoms. The summed E-state index contributed by atoms with van der Waals surface area (Å²) in [6.45, 7) is 0.994. The van der Waals surface area contributed by atoms with Crippen LogP contribution in [0.1, 0.15) is 40.8 Å². The molecule has 2 aromatic heterocycles. The van der Waals surface area contributed by atoms with Gasteiger partial charge in [-0.15, -0.1) is 0 Å². The van der Waals surface area contributed by atoms with Crippen molar-refractivity contribution in [3.05, 3.63) is 77.3 Å². The molecule has 30 heavy (non-hydrogen) atoms. The zero-order valence-corrected chi connectivity index (χ0v) is 16.5. The molecule has 0 spiro atoms. The molecule has 1 N–H and O–H groups in total. The average molecular weight is 402 g/mol. The minimum Gasteiger partial charge on any atom is -0.445 e. The van der Waals surface area contributed by atoms with Crippen molar-refractivity contribution in [2.45, 2.75) is 38.1 Å². The van der Waals surface area contributed by atoms with Gasteiger partial charge in [-0.3, -0.25) is 14.6 Å². The maximum Gasteiger partial charge on any atom is 0.231 e. The predicted molar refractivity (Wildman–Crippen MR) is 110 cm³/mol. The van der Waals surface area contributed by atoms with Crippen molar-refractivity contribution >= 4 is 17.5 Å². The van der Waals surface area contributed by atoms with Crippen LogP contribution in [0.3, 0.4) is 0 Å². The molecule has 0 fully saturated rings. The zero-order chi connectivity index (χ0) is 20.5. The van der Waals surface area contributed by atoms with Gasteiger partial charge in [-0.25, -0.2) is 4.98 Å². The van der Waals surface area contributed by atoms with E-state index in [1.165, 1.54) is 0 Å². The number of fused-ring (bicyclic) bond motifs is 2. The SMILES string of the molecule is O=C1CC(C(=O)N2CCc3oc(CCc4cccnc4)nc3C2)c2ccccc2N1. The number of hydrogen-bond acceptors (Lipinski definition) is 5. The van der Waals surface area contributed by atoms with Gasteiger partial charge in [0.2, 0.25) is 11.8 Å². The van der Waals surface area contributed by atoms with E-state index in [4.69, 9.17) is 4.42 Å². The van der Waals surface area contributed by atoms with Crippen LogP contribution in [0.5, 0.6) is 0 Å². The number of oxazole rings is 1. The molecule has 152 valence electrons. The van der Waals surface area contributed by atoms with E-state index in [0.29, 0.717) is 31.8 Å². The van der Waals surface area contributed by atoms with Crippen molar-refractivity contribution in [3.8, 4) is 0 Å². The number of carbonyl (C=O) groups excluding carboxylic acids is 2. The molecule has 0 radical (unpaired) electrons. The molecule has 5 rings (SSSR count). The quantitative estimate of drug-likeness (QED) is 0.725. The lowest BCUT2D eigenvalue weighted by Gasteiger charge is -2.32. The van der Waals surface area contributed by atoms with Crippen LogP contribution in [0.25, 0.3) is 0 Å². The fraction of sp³-hybridized carbons (Fsp3) is 0.304. The number of aromatic nitrogens is 2. The van der Waals surface area contributed by atoms with Crippen molar-refractivity contribution in [3.63, 3.8) is 0 Å². The van der Waals surface area contributed by atoms with Crippen molar-refractivity contribution in [2.75, 3.05) is 11.9 Å². The number of nitrogens with zero attached hydrogens (tertiary/aromatic N) is 3. The van der Waals surface area contributed by atoms with E-state index in [1.807, 2.05) is 42.6 Å². The van der Waals surface area contributed by atoms with Crippen molar-refractivity contribution in [1.82, 2.24) is 14.9 Å². The minimum atomic E-state index is -0.451. The largest absolute Gasteiger partial charge is 0.445 e. The molecule has 1 aromatic carbocycles. The van der Waals surface area contributed by atoms with E-state index in [0.717, 1.165) is 34.7 Å². The predicted octanol–water partition coefficient (Wildman–Crippen LogP) is 2.87. The maximum absolute atomic E-state index is 13.3. The number of rotatable bonds is 4. The normalized spacial score (nSPS) is 17.8.